The zero-order chi connectivity index (χ0) is 21.4. The van der Waals surface area contributed by atoms with Crippen LogP contribution in [-0.2, 0) is 10.0 Å². The van der Waals surface area contributed by atoms with Gasteiger partial charge in [-0.15, -0.1) is 0 Å². The van der Waals surface area contributed by atoms with Crippen LogP contribution in [0.2, 0.25) is 0 Å². The van der Waals surface area contributed by atoms with E-state index in [1.54, 1.807) is 25.3 Å². The molecule has 3 rings (SSSR count). The van der Waals surface area contributed by atoms with Gasteiger partial charge in [0.15, 0.2) is 5.58 Å². The summed E-state index contributed by atoms with van der Waals surface area (Å²) in [6.45, 7) is 9.90. The average Bonchev–Trinajstić information content (AvgIpc) is 2.95. The number of hydrogen-bond acceptors (Lipinski definition) is 5. The molecule has 1 aliphatic rings. The molecule has 0 atom stereocenters. The third kappa shape index (κ3) is 4.86. The number of aromatic nitrogens is 1. The molecule has 0 bridgehead atoms. The minimum atomic E-state index is -3.30. The van der Waals surface area contributed by atoms with Crippen LogP contribution in [0.25, 0.3) is 11.1 Å². The number of sulfonamides is 1. The predicted molar refractivity (Wildman–Crippen MR) is 117 cm³/mol. The summed E-state index contributed by atoms with van der Waals surface area (Å²) in [5.74, 6) is 0.163. The quantitative estimate of drug-likeness (QED) is 0.736. The highest BCUT2D eigenvalue weighted by molar-refractivity contribution is 7.90. The molecule has 29 heavy (non-hydrogen) atoms. The first-order chi connectivity index (χ1) is 13.5. The van der Waals surface area contributed by atoms with E-state index in [0.29, 0.717) is 11.5 Å². The first-order valence-electron chi connectivity index (χ1n) is 10.4. The monoisotopic (exact) mass is 423 g/mol. The zero-order valence-electron chi connectivity index (χ0n) is 18.0. The summed E-state index contributed by atoms with van der Waals surface area (Å²) in [5, 5.41) is 3.44. The fourth-order valence-electron chi connectivity index (χ4n) is 3.78. The Morgan fingerprint density at radius 1 is 1.17 bits per heavy atom. The number of anilines is 1. The molecular formula is C21H33N3O4S. The predicted octanol–water partition coefficient (Wildman–Crippen LogP) is 3.86. The zero-order valence-corrected chi connectivity index (χ0v) is 18.8. The molecule has 1 aromatic heterocycles. The van der Waals surface area contributed by atoms with E-state index < -0.39 is 14.8 Å². The van der Waals surface area contributed by atoms with E-state index in [1.807, 2.05) is 32.0 Å². The Bertz CT molecular complexity index is 1010. The molecule has 0 radical (unpaired) electrons. The van der Waals surface area contributed by atoms with Gasteiger partial charge in [-0.05, 0) is 78.4 Å². The average molecular weight is 424 g/mol. The molecule has 1 aliphatic carbocycles. The van der Waals surface area contributed by atoms with Gasteiger partial charge in [0.05, 0.1) is 10.3 Å². The van der Waals surface area contributed by atoms with Crippen molar-refractivity contribution in [3.63, 3.8) is 0 Å². The van der Waals surface area contributed by atoms with Crippen molar-refractivity contribution in [2.45, 2.75) is 77.1 Å². The highest BCUT2D eigenvalue weighted by Crippen LogP contribution is 2.27. The van der Waals surface area contributed by atoms with Gasteiger partial charge in [-0.1, -0.05) is 0 Å². The van der Waals surface area contributed by atoms with E-state index in [1.165, 1.54) is 0 Å². The normalized spacial score (nSPS) is 21.0. The van der Waals surface area contributed by atoms with E-state index in [2.05, 4.69) is 10.0 Å². The van der Waals surface area contributed by atoms with E-state index in [-0.39, 0.29) is 17.8 Å². The Balaban J connectivity index is 1.55. The number of rotatable bonds is 6. The molecule has 0 amide bonds. The summed E-state index contributed by atoms with van der Waals surface area (Å²) in [6, 6.07) is 5.84. The molecule has 1 fully saturated rings. The molecule has 1 saturated carbocycles. The summed E-state index contributed by atoms with van der Waals surface area (Å²) < 4.78 is 33.8. The van der Waals surface area contributed by atoms with E-state index in [0.717, 1.165) is 43.4 Å². The summed E-state index contributed by atoms with van der Waals surface area (Å²) >= 11 is 0. The first kappa shape index (κ1) is 21.9. The Morgan fingerprint density at radius 3 is 2.41 bits per heavy atom. The summed E-state index contributed by atoms with van der Waals surface area (Å²) in [4.78, 5) is 12.0. The summed E-state index contributed by atoms with van der Waals surface area (Å²) in [5.41, 5.74) is 2.33. The van der Waals surface area contributed by atoms with Crippen molar-refractivity contribution >= 4 is 26.8 Å². The lowest BCUT2D eigenvalue weighted by Crippen LogP contribution is -2.46. The molecular weight excluding hydrogens is 390 g/mol. The van der Waals surface area contributed by atoms with Gasteiger partial charge in [-0.2, -0.15) is 0 Å². The van der Waals surface area contributed by atoms with Crippen LogP contribution in [0.3, 0.4) is 0 Å². The van der Waals surface area contributed by atoms with Crippen molar-refractivity contribution in [2.24, 2.45) is 5.92 Å². The SMILES string of the molecule is CC(C)n1c(=O)oc2cc(NCC3CCC(NS(=O)(=O)C(C)(C)C)CC3)ccc21. The fraction of sp³-hybridized carbons (Fsp3) is 0.667. The maximum atomic E-state index is 12.3. The minimum Gasteiger partial charge on any atom is -0.408 e. The smallest absolute Gasteiger partial charge is 0.408 e. The van der Waals surface area contributed by atoms with Crippen LogP contribution >= 0.6 is 0 Å². The Kier molecular flexibility index (Phi) is 6.15. The molecule has 2 aromatic rings. The van der Waals surface area contributed by atoms with E-state index in [9.17, 15) is 13.2 Å². The van der Waals surface area contributed by atoms with E-state index >= 15 is 0 Å². The topological polar surface area (TPSA) is 93.3 Å². The van der Waals surface area contributed by atoms with Gasteiger partial charge >= 0.3 is 5.76 Å². The summed E-state index contributed by atoms with van der Waals surface area (Å²) in [7, 11) is -3.30. The van der Waals surface area contributed by atoms with Crippen molar-refractivity contribution in [1.29, 1.82) is 0 Å². The van der Waals surface area contributed by atoms with Crippen LogP contribution < -0.4 is 15.8 Å². The molecule has 2 N–H and O–H groups in total. The highest BCUT2D eigenvalue weighted by Gasteiger charge is 2.32. The van der Waals surface area contributed by atoms with Crippen LogP contribution in [0.1, 0.15) is 66.3 Å². The maximum absolute atomic E-state index is 12.3. The Hall–Kier alpha value is -1.80. The number of oxazole rings is 1. The van der Waals surface area contributed by atoms with Crippen molar-refractivity contribution < 1.29 is 12.8 Å². The van der Waals surface area contributed by atoms with Gasteiger partial charge in [0, 0.05) is 30.4 Å². The molecule has 0 unspecified atom stereocenters. The van der Waals surface area contributed by atoms with Crippen molar-refractivity contribution in [2.75, 3.05) is 11.9 Å². The lowest BCUT2D eigenvalue weighted by Gasteiger charge is -2.31. The number of fused-ring (bicyclic) bond motifs is 1. The third-order valence-corrected chi connectivity index (χ3v) is 7.96. The molecule has 0 spiro atoms. The number of nitrogens with zero attached hydrogens (tertiary/aromatic N) is 1. The largest absolute Gasteiger partial charge is 0.420 e. The number of nitrogens with one attached hydrogen (secondary N) is 2. The van der Waals surface area contributed by atoms with Crippen LogP contribution in [-0.4, -0.2) is 30.3 Å². The molecule has 1 heterocycles. The van der Waals surface area contributed by atoms with Gasteiger partial charge in [-0.3, -0.25) is 4.57 Å². The third-order valence-electron chi connectivity index (χ3n) is 5.70. The van der Waals surface area contributed by atoms with Crippen molar-refractivity contribution in [3.8, 4) is 0 Å². The van der Waals surface area contributed by atoms with E-state index in [4.69, 9.17) is 4.42 Å². The number of benzene rings is 1. The Labute approximate surface area is 172 Å². The highest BCUT2D eigenvalue weighted by atomic mass is 32.2. The second-order valence-corrected chi connectivity index (χ2v) is 11.8. The lowest BCUT2D eigenvalue weighted by atomic mass is 9.86. The standard InChI is InChI=1S/C21H33N3O4S/c1-14(2)24-18-11-10-17(12-19(18)28-20(24)25)22-13-15-6-8-16(9-7-15)23-29(26,27)21(3,4)5/h10-12,14-16,22-23H,6-9,13H2,1-5H3. The summed E-state index contributed by atoms with van der Waals surface area (Å²) in [6.07, 6.45) is 3.66. The molecule has 0 saturated heterocycles. The van der Waals surface area contributed by atoms with Crippen LogP contribution in [0.15, 0.2) is 27.4 Å². The maximum Gasteiger partial charge on any atom is 0.420 e. The Morgan fingerprint density at radius 2 is 1.83 bits per heavy atom. The lowest BCUT2D eigenvalue weighted by molar-refractivity contribution is 0.322. The first-order valence-corrected chi connectivity index (χ1v) is 11.9. The molecule has 162 valence electrons. The second kappa shape index (κ2) is 8.14. The number of hydrogen-bond donors (Lipinski definition) is 2. The van der Waals surface area contributed by atoms with Gasteiger partial charge in [0.2, 0.25) is 10.0 Å². The molecule has 8 heteroatoms. The molecule has 7 nitrogen and oxygen atoms in total. The van der Waals surface area contributed by atoms with Crippen LogP contribution in [0.5, 0.6) is 0 Å². The van der Waals surface area contributed by atoms with Gasteiger partial charge in [0.1, 0.15) is 0 Å². The molecule has 0 aliphatic heterocycles. The van der Waals surface area contributed by atoms with Crippen LogP contribution in [0, 0.1) is 5.92 Å². The van der Waals surface area contributed by atoms with Crippen LogP contribution in [0.4, 0.5) is 5.69 Å². The van der Waals surface area contributed by atoms with Gasteiger partial charge in [-0.25, -0.2) is 17.9 Å². The van der Waals surface area contributed by atoms with Gasteiger partial charge in [0.25, 0.3) is 0 Å². The fourth-order valence-corrected chi connectivity index (χ4v) is 4.81. The van der Waals surface area contributed by atoms with Crippen molar-refractivity contribution in [3.05, 3.63) is 28.7 Å². The minimum absolute atomic E-state index is 0.0249. The van der Waals surface area contributed by atoms with Gasteiger partial charge < -0.3 is 9.73 Å². The molecule has 1 aromatic carbocycles. The van der Waals surface area contributed by atoms with Crippen molar-refractivity contribution in [1.82, 2.24) is 9.29 Å². The second-order valence-electron chi connectivity index (χ2n) is 9.35.